The number of hydrogen-bond acceptors (Lipinski definition) is 1. The van der Waals surface area contributed by atoms with Crippen molar-refractivity contribution in [3.63, 3.8) is 0 Å². The van der Waals surface area contributed by atoms with E-state index in [-0.39, 0.29) is 11.5 Å². The highest BCUT2D eigenvalue weighted by molar-refractivity contribution is 5.21. The van der Waals surface area contributed by atoms with Crippen LogP contribution >= 0.6 is 0 Å². The zero-order valence-electron chi connectivity index (χ0n) is 23.0. The van der Waals surface area contributed by atoms with Crippen LogP contribution in [0, 0.1) is 62.1 Å². The third-order valence-corrected chi connectivity index (χ3v) is 14.7. The molecule has 0 aromatic heterocycles. The summed E-state index contributed by atoms with van der Waals surface area (Å²) < 4.78 is 0. The molecular weight excluding hydrogens is 388 g/mol. The van der Waals surface area contributed by atoms with E-state index in [9.17, 15) is 5.11 Å². The van der Waals surface area contributed by atoms with E-state index in [1.807, 2.05) is 0 Å². The first-order valence-electron chi connectivity index (χ1n) is 14.4. The van der Waals surface area contributed by atoms with Gasteiger partial charge >= 0.3 is 0 Å². The van der Waals surface area contributed by atoms with E-state index in [1.54, 1.807) is 0 Å². The highest BCUT2D eigenvalue weighted by Crippen LogP contribution is 2.80. The van der Waals surface area contributed by atoms with Gasteiger partial charge in [-0.3, -0.25) is 0 Å². The van der Waals surface area contributed by atoms with Gasteiger partial charge in [0.1, 0.15) is 0 Å². The molecule has 0 amide bonds. The molecule has 0 saturated heterocycles. The van der Waals surface area contributed by atoms with Crippen molar-refractivity contribution in [2.45, 2.75) is 133 Å². The molecule has 3 unspecified atom stereocenters. The fourth-order valence-electron chi connectivity index (χ4n) is 12.5. The molecule has 0 aromatic carbocycles. The summed E-state index contributed by atoms with van der Waals surface area (Å²) in [5.74, 6) is 4.14. The van der Waals surface area contributed by atoms with Crippen LogP contribution in [0.25, 0.3) is 0 Å². The quantitative estimate of drug-likeness (QED) is 0.431. The number of hydrogen-bond donors (Lipinski definition) is 1. The Morgan fingerprint density at radius 1 is 0.562 bits per heavy atom. The van der Waals surface area contributed by atoms with Gasteiger partial charge in [0.05, 0.1) is 6.10 Å². The van der Waals surface area contributed by atoms with Gasteiger partial charge in [-0.2, -0.15) is 0 Å². The lowest BCUT2D eigenvalue weighted by molar-refractivity contribution is -0.262. The molecule has 0 radical (unpaired) electrons. The smallest absolute Gasteiger partial charge is 0.0594 e. The summed E-state index contributed by atoms with van der Waals surface area (Å²) in [6.07, 6.45) is 13.6. The van der Waals surface area contributed by atoms with Crippen LogP contribution in [-0.4, -0.2) is 11.2 Å². The Morgan fingerprint density at radius 3 is 1.75 bits per heavy atom. The van der Waals surface area contributed by atoms with Gasteiger partial charge < -0.3 is 5.11 Å². The molecule has 184 valence electrons. The van der Waals surface area contributed by atoms with E-state index < -0.39 is 0 Å². The molecule has 0 spiro atoms. The lowest BCUT2D eigenvalue weighted by Gasteiger charge is -2.74. The molecule has 5 saturated carbocycles. The maximum atomic E-state index is 10.9. The first-order valence-corrected chi connectivity index (χ1v) is 14.4. The Kier molecular flexibility index (Phi) is 5.03. The van der Waals surface area contributed by atoms with Crippen LogP contribution in [0.15, 0.2) is 0 Å². The monoisotopic (exact) mass is 442 g/mol. The third-order valence-electron chi connectivity index (χ3n) is 14.7. The largest absolute Gasteiger partial charge is 0.393 e. The van der Waals surface area contributed by atoms with E-state index in [4.69, 9.17) is 0 Å². The number of aliphatic hydroxyl groups is 1. The summed E-state index contributed by atoms with van der Waals surface area (Å²) >= 11 is 0. The van der Waals surface area contributed by atoms with E-state index in [0.29, 0.717) is 33.0 Å². The second-order valence-electron chi connectivity index (χ2n) is 15.7. The van der Waals surface area contributed by atoms with Crippen molar-refractivity contribution in [2.24, 2.45) is 62.1 Å². The fourth-order valence-corrected chi connectivity index (χ4v) is 12.5. The van der Waals surface area contributed by atoms with Crippen molar-refractivity contribution in [3.05, 3.63) is 0 Å². The Morgan fingerprint density at radius 2 is 1.09 bits per heavy atom. The summed E-state index contributed by atoms with van der Waals surface area (Å²) in [6, 6.07) is 0. The number of aliphatic hydroxyl groups excluding tert-OH is 1. The molecule has 5 fully saturated rings. The molecule has 0 heterocycles. The van der Waals surface area contributed by atoms with Crippen LogP contribution in [0.3, 0.4) is 0 Å². The molecule has 1 nitrogen and oxygen atoms in total. The molecule has 1 N–H and O–H groups in total. The van der Waals surface area contributed by atoms with Gasteiger partial charge in [-0.25, -0.2) is 0 Å². The van der Waals surface area contributed by atoms with Crippen LogP contribution in [-0.2, 0) is 0 Å². The van der Waals surface area contributed by atoms with E-state index in [0.717, 1.165) is 30.1 Å². The minimum atomic E-state index is -0.113. The molecule has 0 aliphatic heterocycles. The van der Waals surface area contributed by atoms with E-state index in [2.05, 4.69) is 62.3 Å². The van der Waals surface area contributed by atoms with E-state index >= 15 is 0 Å². The third kappa shape index (κ3) is 2.51. The maximum Gasteiger partial charge on any atom is 0.0594 e. The van der Waals surface area contributed by atoms with Gasteiger partial charge in [0.2, 0.25) is 0 Å². The van der Waals surface area contributed by atoms with Gasteiger partial charge in [-0.1, -0.05) is 62.3 Å². The first kappa shape index (κ1) is 23.7. The predicted octanol–water partition coefficient (Wildman–Crippen LogP) is 8.49. The highest BCUT2D eigenvalue weighted by atomic mass is 16.3. The Labute approximate surface area is 199 Å². The lowest BCUT2D eigenvalue weighted by atomic mass is 9.30. The van der Waals surface area contributed by atoms with Gasteiger partial charge in [0, 0.05) is 0 Å². The van der Waals surface area contributed by atoms with Crippen LogP contribution in [0.1, 0.15) is 127 Å². The molecule has 0 aromatic rings. The molecule has 0 bridgehead atoms. The molecule has 1 heteroatoms. The lowest BCUT2D eigenvalue weighted by Crippen LogP contribution is -2.68. The van der Waals surface area contributed by atoms with Crippen molar-refractivity contribution in [2.75, 3.05) is 0 Å². The molecule has 32 heavy (non-hydrogen) atoms. The topological polar surface area (TPSA) is 20.2 Å². The van der Waals surface area contributed by atoms with Gasteiger partial charge in [-0.15, -0.1) is 0 Å². The van der Waals surface area contributed by atoms with Gasteiger partial charge in [-0.05, 0) is 126 Å². The fraction of sp³-hybridized carbons (Fsp3) is 1.00. The molecule has 10 atom stereocenters. The van der Waals surface area contributed by atoms with Crippen molar-refractivity contribution in [1.82, 2.24) is 0 Å². The summed E-state index contributed by atoms with van der Waals surface area (Å²) in [5.41, 5.74) is 2.46. The van der Waals surface area contributed by atoms with Crippen molar-refractivity contribution in [3.8, 4) is 0 Å². The minimum absolute atomic E-state index is 0.0686. The van der Waals surface area contributed by atoms with Crippen LogP contribution in [0.5, 0.6) is 0 Å². The predicted molar refractivity (Wildman–Crippen MR) is 135 cm³/mol. The Bertz CT molecular complexity index is 768. The van der Waals surface area contributed by atoms with Crippen molar-refractivity contribution >= 4 is 0 Å². The second-order valence-corrected chi connectivity index (χ2v) is 15.7. The van der Waals surface area contributed by atoms with Crippen molar-refractivity contribution in [1.29, 1.82) is 0 Å². The normalized spacial score (nSPS) is 59.2. The van der Waals surface area contributed by atoms with Crippen LogP contribution in [0.2, 0.25) is 0 Å². The number of fused-ring (bicyclic) bond motifs is 7. The standard InChI is InChI=1S/C31H54O/c1-20(2)21-12-16-30(8)24-11-10-23-27(5)15-14-25(32)26(3,4)22(27)13-17-29(23,7)31(24,9)19-18-28(21,30)6/h20-25,32H,10-19H2,1-9H3/t21?,22-,23+,24+,25?,27-,28?,29+,30+,31+/m0/s1. The first-order chi connectivity index (χ1) is 14.7. The molecule has 5 rings (SSSR count). The van der Waals surface area contributed by atoms with Gasteiger partial charge in [0.25, 0.3) is 0 Å². The SMILES string of the molecule is CC(C)C1CC[C@]2(C)[C@H]3CC[C@@H]4[C@@]5(C)CCC(O)C(C)(C)[C@@H]5CC[C@@]4(C)[C@]3(C)CCC12C. The average Bonchev–Trinajstić information content (AvgIpc) is 2.98. The minimum Gasteiger partial charge on any atom is -0.393 e. The molecular formula is C31H54O. The summed E-state index contributed by atoms with van der Waals surface area (Å²) in [4.78, 5) is 0. The highest BCUT2D eigenvalue weighted by Gasteiger charge is 2.72. The second kappa shape index (κ2) is 6.79. The van der Waals surface area contributed by atoms with E-state index in [1.165, 1.54) is 57.8 Å². The summed E-state index contributed by atoms with van der Waals surface area (Å²) in [5, 5.41) is 10.9. The van der Waals surface area contributed by atoms with Crippen molar-refractivity contribution < 1.29 is 5.11 Å². The number of rotatable bonds is 1. The van der Waals surface area contributed by atoms with Gasteiger partial charge in [0.15, 0.2) is 0 Å². The van der Waals surface area contributed by atoms with Crippen LogP contribution < -0.4 is 0 Å². The zero-order chi connectivity index (χ0) is 23.5. The summed E-state index contributed by atoms with van der Waals surface area (Å²) in [7, 11) is 0. The molecule has 5 aliphatic rings. The Hall–Kier alpha value is -0.0400. The zero-order valence-corrected chi connectivity index (χ0v) is 23.0. The maximum absolute atomic E-state index is 10.9. The van der Waals surface area contributed by atoms with Crippen LogP contribution in [0.4, 0.5) is 0 Å². The summed E-state index contributed by atoms with van der Waals surface area (Å²) in [6.45, 7) is 23.4. The Balaban J connectivity index is 1.54. The average molecular weight is 443 g/mol. The molecule has 5 aliphatic carbocycles.